The molecule has 0 fully saturated rings. The Hall–Kier alpha value is -4.71. The Morgan fingerprint density at radius 3 is 2.09 bits per heavy atom. The molecule has 0 unspecified atom stereocenters. The van der Waals surface area contributed by atoms with Crippen LogP contribution in [0.3, 0.4) is 0 Å². The van der Waals surface area contributed by atoms with Crippen molar-refractivity contribution in [2.24, 2.45) is 0 Å². The van der Waals surface area contributed by atoms with Crippen LogP contribution in [0.15, 0.2) is 84.9 Å². The van der Waals surface area contributed by atoms with E-state index in [1.807, 2.05) is 109 Å². The lowest BCUT2D eigenvalue weighted by atomic mass is 9.93. The minimum Gasteiger partial charge on any atom is -0.457 e. The molecular weight excluding hydrogens is 550 g/mol. The number of nitrogens with zero attached hydrogens (tertiary/aromatic N) is 1. The number of aryl methyl sites for hydroxylation is 3. The smallest absolute Gasteiger partial charge is 0.415 e. The summed E-state index contributed by atoms with van der Waals surface area (Å²) in [7, 11) is 0. The maximum absolute atomic E-state index is 13.6. The molecule has 44 heavy (non-hydrogen) atoms. The molecule has 4 aromatic rings. The summed E-state index contributed by atoms with van der Waals surface area (Å²) < 4.78 is 11.4. The number of benzene rings is 4. The number of hydrogen-bond donors (Lipinski definition) is 0. The summed E-state index contributed by atoms with van der Waals surface area (Å²) in [5.74, 6) is -0.265. The van der Waals surface area contributed by atoms with Crippen LogP contribution >= 0.6 is 0 Å². The van der Waals surface area contributed by atoms with E-state index in [0.29, 0.717) is 23.2 Å². The third-order valence-corrected chi connectivity index (χ3v) is 7.42. The molecule has 228 valence electrons. The van der Waals surface area contributed by atoms with Gasteiger partial charge in [-0.2, -0.15) is 0 Å². The summed E-state index contributed by atoms with van der Waals surface area (Å²) in [6.45, 7) is 13.8. The molecule has 0 aromatic heterocycles. The normalized spacial score (nSPS) is 11.2. The third-order valence-electron chi connectivity index (χ3n) is 7.42. The highest BCUT2D eigenvalue weighted by molar-refractivity contribution is 5.97. The van der Waals surface area contributed by atoms with Crippen molar-refractivity contribution in [2.45, 2.75) is 73.6 Å². The van der Waals surface area contributed by atoms with Crippen molar-refractivity contribution < 1.29 is 23.9 Å². The topological polar surface area (TPSA) is 72.9 Å². The SMILES string of the molecule is CCC(=O)c1ccc(-c2cc(N(Cc3ccc(COC(=O)c4ccccc4)c(C)c3)C(=O)OC(C)(C)C)ccc2C)c(C)c1. The molecule has 1 amide bonds. The van der Waals surface area contributed by atoms with Gasteiger partial charge in [0.15, 0.2) is 5.78 Å². The number of anilines is 1. The van der Waals surface area contributed by atoms with Crippen molar-refractivity contribution in [1.82, 2.24) is 0 Å². The molecule has 0 N–H and O–H groups in total. The summed E-state index contributed by atoms with van der Waals surface area (Å²) in [6, 6.07) is 26.5. The lowest BCUT2D eigenvalue weighted by Gasteiger charge is -2.28. The van der Waals surface area contributed by atoms with Crippen LogP contribution in [-0.2, 0) is 22.6 Å². The monoisotopic (exact) mass is 591 g/mol. The second kappa shape index (κ2) is 13.7. The fraction of sp³-hybridized carbons (Fsp3) is 0.289. The maximum atomic E-state index is 13.6. The van der Waals surface area contributed by atoms with E-state index in [1.54, 1.807) is 29.2 Å². The Morgan fingerprint density at radius 1 is 0.727 bits per heavy atom. The number of amides is 1. The van der Waals surface area contributed by atoms with Crippen molar-refractivity contribution in [3.8, 4) is 11.1 Å². The van der Waals surface area contributed by atoms with E-state index in [4.69, 9.17) is 9.47 Å². The third kappa shape index (κ3) is 8.01. The number of rotatable bonds is 9. The zero-order chi connectivity index (χ0) is 32.0. The molecule has 0 aliphatic carbocycles. The van der Waals surface area contributed by atoms with Gasteiger partial charge in [-0.1, -0.05) is 61.5 Å². The van der Waals surface area contributed by atoms with Crippen LogP contribution in [0.5, 0.6) is 0 Å². The number of ketones is 1. The predicted molar refractivity (Wildman–Crippen MR) is 175 cm³/mol. The van der Waals surface area contributed by atoms with Crippen LogP contribution in [0.1, 0.15) is 82.6 Å². The van der Waals surface area contributed by atoms with Crippen LogP contribution in [0.2, 0.25) is 0 Å². The molecule has 0 spiro atoms. The molecule has 0 aliphatic heterocycles. The van der Waals surface area contributed by atoms with E-state index in [-0.39, 0.29) is 24.9 Å². The van der Waals surface area contributed by atoms with Crippen LogP contribution in [-0.4, -0.2) is 23.4 Å². The number of esters is 1. The first kappa shape index (κ1) is 32.2. The van der Waals surface area contributed by atoms with Gasteiger partial charge in [-0.25, -0.2) is 9.59 Å². The minimum atomic E-state index is -0.677. The molecule has 0 saturated carbocycles. The fourth-order valence-corrected chi connectivity index (χ4v) is 4.99. The van der Waals surface area contributed by atoms with Crippen molar-refractivity contribution in [2.75, 3.05) is 4.90 Å². The zero-order valence-corrected chi connectivity index (χ0v) is 26.7. The van der Waals surface area contributed by atoms with Gasteiger partial charge in [0.1, 0.15) is 12.2 Å². The first-order valence-corrected chi connectivity index (χ1v) is 14.9. The standard InChI is InChI=1S/C38H41NO5/c1-8-35(40)30-17-19-33(27(4)21-30)34-22-32(18-14-25(34)2)39(37(42)44-38(5,6)7)23-28-15-16-31(26(3)20-28)24-43-36(41)29-12-10-9-11-13-29/h9-22H,8,23-24H2,1-7H3. The quantitative estimate of drug-likeness (QED) is 0.143. The lowest BCUT2D eigenvalue weighted by Crippen LogP contribution is -2.36. The number of carbonyl (C=O) groups excluding carboxylic acids is 3. The lowest BCUT2D eigenvalue weighted by molar-refractivity contribution is 0.0471. The first-order chi connectivity index (χ1) is 20.9. The number of hydrogen-bond acceptors (Lipinski definition) is 5. The van der Waals surface area contributed by atoms with Gasteiger partial charge in [-0.05, 0) is 111 Å². The molecule has 0 aliphatic rings. The molecular formula is C38H41NO5. The van der Waals surface area contributed by atoms with Crippen LogP contribution in [0.4, 0.5) is 10.5 Å². The summed E-state index contributed by atoms with van der Waals surface area (Å²) in [5, 5.41) is 0. The number of Topliss-reactive ketones (excluding diaryl/α,β-unsaturated/α-hetero) is 1. The average molecular weight is 592 g/mol. The highest BCUT2D eigenvalue weighted by Gasteiger charge is 2.25. The molecule has 6 heteroatoms. The number of ether oxygens (including phenoxy) is 2. The molecule has 4 rings (SSSR count). The summed E-state index contributed by atoms with van der Waals surface area (Å²) in [5.41, 5.74) is 8.02. The van der Waals surface area contributed by atoms with Gasteiger partial charge in [0.2, 0.25) is 0 Å². The van der Waals surface area contributed by atoms with E-state index in [0.717, 1.165) is 38.9 Å². The van der Waals surface area contributed by atoms with Crippen molar-refractivity contribution in [3.05, 3.63) is 124 Å². The Kier molecular flexibility index (Phi) is 10.0. The van der Waals surface area contributed by atoms with Crippen LogP contribution in [0, 0.1) is 20.8 Å². The second-order valence-corrected chi connectivity index (χ2v) is 12.1. The zero-order valence-electron chi connectivity index (χ0n) is 26.7. The van der Waals surface area contributed by atoms with Gasteiger partial charge in [0, 0.05) is 17.7 Å². The molecule has 0 bridgehead atoms. The average Bonchev–Trinajstić information content (AvgIpc) is 2.99. The van der Waals surface area contributed by atoms with Crippen LogP contribution < -0.4 is 4.90 Å². The fourth-order valence-electron chi connectivity index (χ4n) is 4.99. The molecule has 6 nitrogen and oxygen atoms in total. The molecule has 4 aromatic carbocycles. The van der Waals surface area contributed by atoms with Gasteiger partial charge in [0.05, 0.1) is 12.1 Å². The Bertz CT molecular complexity index is 1670. The summed E-state index contributed by atoms with van der Waals surface area (Å²) in [4.78, 5) is 39.9. The van der Waals surface area contributed by atoms with E-state index in [2.05, 4.69) is 0 Å². The van der Waals surface area contributed by atoms with Crippen molar-refractivity contribution in [3.63, 3.8) is 0 Å². The highest BCUT2D eigenvalue weighted by atomic mass is 16.6. The Labute approximate surface area is 260 Å². The number of carbonyl (C=O) groups is 3. The van der Waals surface area contributed by atoms with E-state index < -0.39 is 11.7 Å². The second-order valence-electron chi connectivity index (χ2n) is 12.1. The largest absolute Gasteiger partial charge is 0.457 e. The van der Waals surface area contributed by atoms with Gasteiger partial charge in [-0.3, -0.25) is 9.69 Å². The Balaban J connectivity index is 1.62. The summed E-state index contributed by atoms with van der Waals surface area (Å²) >= 11 is 0. The highest BCUT2D eigenvalue weighted by Crippen LogP contribution is 2.33. The van der Waals surface area contributed by atoms with Gasteiger partial charge in [0.25, 0.3) is 0 Å². The van der Waals surface area contributed by atoms with E-state index in [9.17, 15) is 14.4 Å². The summed E-state index contributed by atoms with van der Waals surface area (Å²) in [6.07, 6.45) is 0.00342. The van der Waals surface area contributed by atoms with E-state index >= 15 is 0 Å². The molecule has 0 radical (unpaired) electrons. The maximum Gasteiger partial charge on any atom is 0.415 e. The van der Waals surface area contributed by atoms with Crippen molar-refractivity contribution >= 4 is 23.5 Å². The minimum absolute atomic E-state index is 0.108. The van der Waals surface area contributed by atoms with Gasteiger partial charge >= 0.3 is 12.1 Å². The van der Waals surface area contributed by atoms with Crippen molar-refractivity contribution in [1.29, 1.82) is 0 Å². The van der Waals surface area contributed by atoms with E-state index in [1.165, 1.54) is 0 Å². The van der Waals surface area contributed by atoms with Crippen LogP contribution in [0.25, 0.3) is 11.1 Å². The van der Waals surface area contributed by atoms with Gasteiger partial charge in [-0.15, -0.1) is 0 Å². The molecule has 0 saturated heterocycles. The first-order valence-electron chi connectivity index (χ1n) is 14.9. The predicted octanol–water partition coefficient (Wildman–Crippen LogP) is 9.17. The molecule has 0 heterocycles. The molecule has 0 atom stereocenters. The van der Waals surface area contributed by atoms with Gasteiger partial charge < -0.3 is 9.47 Å². The Morgan fingerprint density at radius 2 is 1.45 bits per heavy atom.